The van der Waals surface area contributed by atoms with Gasteiger partial charge in [0.05, 0.1) is 20.6 Å². The van der Waals surface area contributed by atoms with E-state index in [9.17, 15) is 13.6 Å². The maximum Gasteiger partial charge on any atom is 0.304 e. The molecule has 0 amide bonds. The molecule has 6 heteroatoms. The molecule has 1 aromatic carbocycles. The summed E-state index contributed by atoms with van der Waals surface area (Å²) in [5.74, 6) is -3.31. The fraction of sp³-hybridized carbons (Fsp3) is 0.462. The third-order valence-corrected chi connectivity index (χ3v) is 2.83. The summed E-state index contributed by atoms with van der Waals surface area (Å²) < 4.78 is 37.5. The molecular formula is C13H16F2O4. The van der Waals surface area contributed by atoms with Crippen molar-refractivity contribution in [1.29, 1.82) is 0 Å². The highest BCUT2D eigenvalue weighted by molar-refractivity contribution is 5.69. The number of halogens is 2. The van der Waals surface area contributed by atoms with Gasteiger partial charge >= 0.3 is 5.97 Å². The lowest BCUT2D eigenvalue weighted by atomic mass is 9.80. The minimum Gasteiger partial charge on any atom is -0.493 e. The molecule has 0 radical (unpaired) electrons. The second-order valence-corrected chi connectivity index (χ2v) is 4.74. The Hall–Kier alpha value is -1.85. The van der Waals surface area contributed by atoms with Gasteiger partial charge in [0.15, 0.2) is 23.1 Å². The number of carboxylic acids is 1. The van der Waals surface area contributed by atoms with E-state index in [4.69, 9.17) is 14.6 Å². The molecule has 0 aliphatic rings. The molecule has 19 heavy (non-hydrogen) atoms. The Morgan fingerprint density at radius 2 is 1.89 bits per heavy atom. The van der Waals surface area contributed by atoms with Gasteiger partial charge in [-0.15, -0.1) is 0 Å². The summed E-state index contributed by atoms with van der Waals surface area (Å²) in [6.07, 6.45) is -0.368. The first-order valence-electron chi connectivity index (χ1n) is 5.56. The van der Waals surface area contributed by atoms with E-state index in [1.807, 2.05) is 0 Å². The van der Waals surface area contributed by atoms with Gasteiger partial charge in [0, 0.05) is 17.0 Å². The van der Waals surface area contributed by atoms with E-state index in [0.717, 1.165) is 6.07 Å². The molecule has 0 spiro atoms. The SMILES string of the molecule is COc1cc(F)c(F)c(C(C)(C)CC(=O)O)c1OC. The minimum absolute atomic E-state index is 0.00708. The van der Waals surface area contributed by atoms with E-state index in [1.54, 1.807) is 0 Å². The number of carboxylic acid groups (broad SMARTS) is 1. The van der Waals surface area contributed by atoms with Crippen molar-refractivity contribution in [2.24, 2.45) is 0 Å². The molecule has 106 valence electrons. The first-order chi connectivity index (χ1) is 8.74. The van der Waals surface area contributed by atoms with Crippen LogP contribution in [0.15, 0.2) is 6.07 Å². The zero-order valence-corrected chi connectivity index (χ0v) is 11.2. The predicted octanol–water partition coefficient (Wildman–Crippen LogP) is 2.73. The second kappa shape index (κ2) is 5.42. The molecule has 0 saturated heterocycles. The number of benzene rings is 1. The fourth-order valence-corrected chi connectivity index (χ4v) is 2.01. The van der Waals surface area contributed by atoms with Crippen LogP contribution < -0.4 is 9.47 Å². The Bertz CT molecular complexity index is 498. The minimum atomic E-state index is -1.14. The first kappa shape index (κ1) is 15.2. The summed E-state index contributed by atoms with van der Waals surface area (Å²) in [4.78, 5) is 10.9. The van der Waals surface area contributed by atoms with E-state index < -0.39 is 23.0 Å². The molecule has 0 aliphatic carbocycles. The number of aliphatic carboxylic acids is 1. The van der Waals surface area contributed by atoms with Crippen LogP contribution in [0, 0.1) is 11.6 Å². The van der Waals surface area contributed by atoms with Crippen molar-refractivity contribution in [3.05, 3.63) is 23.3 Å². The predicted molar refractivity (Wildman–Crippen MR) is 64.7 cm³/mol. The molecule has 0 atom stereocenters. The van der Waals surface area contributed by atoms with Gasteiger partial charge in [0.25, 0.3) is 0 Å². The Labute approximate surface area is 109 Å². The summed E-state index contributed by atoms with van der Waals surface area (Å²) in [5, 5.41) is 8.87. The molecule has 0 unspecified atom stereocenters. The van der Waals surface area contributed by atoms with Gasteiger partial charge in [0.1, 0.15) is 0 Å². The largest absolute Gasteiger partial charge is 0.493 e. The summed E-state index contributed by atoms with van der Waals surface area (Å²) in [5.41, 5.74) is -1.29. The average Bonchev–Trinajstić information content (AvgIpc) is 2.29. The van der Waals surface area contributed by atoms with Crippen molar-refractivity contribution in [3.8, 4) is 11.5 Å². The van der Waals surface area contributed by atoms with Gasteiger partial charge in [-0.3, -0.25) is 4.79 Å². The van der Waals surface area contributed by atoms with Crippen LogP contribution in [0.3, 0.4) is 0 Å². The van der Waals surface area contributed by atoms with Gasteiger partial charge in [-0.1, -0.05) is 13.8 Å². The number of carbonyl (C=O) groups is 1. The van der Waals surface area contributed by atoms with E-state index in [-0.39, 0.29) is 23.5 Å². The van der Waals surface area contributed by atoms with E-state index in [0.29, 0.717) is 0 Å². The molecule has 0 saturated carbocycles. The number of ether oxygens (including phenoxy) is 2. The molecule has 4 nitrogen and oxygen atoms in total. The van der Waals surface area contributed by atoms with Crippen LogP contribution in [0.1, 0.15) is 25.8 Å². The highest BCUT2D eigenvalue weighted by Crippen LogP contribution is 2.42. The zero-order valence-electron chi connectivity index (χ0n) is 11.2. The van der Waals surface area contributed by atoms with Crippen molar-refractivity contribution in [2.45, 2.75) is 25.7 Å². The summed E-state index contributed by atoms with van der Waals surface area (Å²) in [6, 6.07) is 0.870. The van der Waals surface area contributed by atoms with E-state index in [1.165, 1.54) is 28.1 Å². The second-order valence-electron chi connectivity index (χ2n) is 4.74. The topological polar surface area (TPSA) is 55.8 Å². The van der Waals surface area contributed by atoms with Crippen molar-refractivity contribution >= 4 is 5.97 Å². The molecule has 1 rings (SSSR count). The van der Waals surface area contributed by atoms with Gasteiger partial charge in [0.2, 0.25) is 0 Å². The van der Waals surface area contributed by atoms with Crippen molar-refractivity contribution in [2.75, 3.05) is 14.2 Å². The Balaban J connectivity index is 3.55. The molecule has 1 N–H and O–H groups in total. The lowest BCUT2D eigenvalue weighted by molar-refractivity contribution is -0.138. The third-order valence-electron chi connectivity index (χ3n) is 2.83. The highest BCUT2D eigenvalue weighted by Gasteiger charge is 2.34. The monoisotopic (exact) mass is 274 g/mol. The Morgan fingerprint density at radius 1 is 1.32 bits per heavy atom. The zero-order chi connectivity index (χ0) is 14.8. The van der Waals surface area contributed by atoms with Crippen LogP contribution in [0.2, 0.25) is 0 Å². The summed E-state index contributed by atoms with van der Waals surface area (Å²) in [6.45, 7) is 3.00. The van der Waals surface area contributed by atoms with Gasteiger partial charge < -0.3 is 14.6 Å². The quantitative estimate of drug-likeness (QED) is 0.897. The molecular weight excluding hydrogens is 258 g/mol. The molecule has 0 aromatic heterocycles. The molecule has 1 aromatic rings. The fourth-order valence-electron chi connectivity index (χ4n) is 2.01. The smallest absolute Gasteiger partial charge is 0.304 e. The Morgan fingerprint density at radius 3 is 2.32 bits per heavy atom. The number of methoxy groups -OCH3 is 2. The highest BCUT2D eigenvalue weighted by atomic mass is 19.2. The molecule has 0 aliphatic heterocycles. The first-order valence-corrected chi connectivity index (χ1v) is 5.56. The van der Waals surface area contributed by atoms with E-state index >= 15 is 0 Å². The molecule has 0 bridgehead atoms. The molecule has 0 fully saturated rings. The van der Waals surface area contributed by atoms with Crippen LogP contribution in [0.4, 0.5) is 8.78 Å². The Kier molecular flexibility index (Phi) is 4.34. The normalized spacial score (nSPS) is 11.3. The average molecular weight is 274 g/mol. The lowest BCUT2D eigenvalue weighted by Crippen LogP contribution is -2.25. The standard InChI is InChI=1S/C13H16F2O4/c1-13(2,6-9(16)17)10-11(15)7(14)5-8(18-3)12(10)19-4/h5H,6H2,1-4H3,(H,16,17). The number of hydrogen-bond donors (Lipinski definition) is 1. The molecule has 0 heterocycles. The third kappa shape index (κ3) is 2.94. The van der Waals surface area contributed by atoms with Gasteiger partial charge in [-0.05, 0) is 0 Å². The number of rotatable bonds is 5. The van der Waals surface area contributed by atoms with Crippen LogP contribution in [-0.4, -0.2) is 25.3 Å². The summed E-state index contributed by atoms with van der Waals surface area (Å²) >= 11 is 0. The lowest BCUT2D eigenvalue weighted by Gasteiger charge is -2.27. The van der Waals surface area contributed by atoms with Crippen molar-refractivity contribution in [1.82, 2.24) is 0 Å². The van der Waals surface area contributed by atoms with Crippen LogP contribution in [-0.2, 0) is 10.2 Å². The summed E-state index contributed by atoms with van der Waals surface area (Å²) in [7, 11) is 2.58. The number of hydrogen-bond acceptors (Lipinski definition) is 3. The van der Waals surface area contributed by atoms with Gasteiger partial charge in [-0.25, -0.2) is 8.78 Å². The van der Waals surface area contributed by atoms with Gasteiger partial charge in [-0.2, -0.15) is 0 Å². The van der Waals surface area contributed by atoms with E-state index in [2.05, 4.69) is 0 Å². The van der Waals surface area contributed by atoms with Crippen molar-refractivity contribution in [3.63, 3.8) is 0 Å². The maximum absolute atomic E-state index is 14.0. The van der Waals surface area contributed by atoms with Crippen molar-refractivity contribution < 1.29 is 28.2 Å². The van der Waals surface area contributed by atoms with Crippen LogP contribution >= 0.6 is 0 Å². The van der Waals surface area contributed by atoms with Crippen LogP contribution in [0.25, 0.3) is 0 Å². The maximum atomic E-state index is 14.0. The van der Waals surface area contributed by atoms with Crippen LogP contribution in [0.5, 0.6) is 11.5 Å².